The van der Waals surface area contributed by atoms with Crippen molar-refractivity contribution >= 4 is 12.4 Å². The van der Waals surface area contributed by atoms with Gasteiger partial charge in [0.15, 0.2) is 0 Å². The molecule has 1 aliphatic heterocycles. The van der Waals surface area contributed by atoms with Gasteiger partial charge in [-0.05, 0) is 33.4 Å². The molecule has 17 heavy (non-hydrogen) atoms. The summed E-state index contributed by atoms with van der Waals surface area (Å²) in [6, 6.07) is 0.948. The Bertz CT molecular complexity index is 314. The van der Waals surface area contributed by atoms with E-state index in [4.69, 9.17) is 0 Å². The first-order chi connectivity index (χ1) is 7.79. The lowest BCUT2D eigenvalue weighted by atomic mass is 10.0. The SMILES string of the molecule is CC(c1cnccn1)N(C)[C@H]1CCCNC1.Cl. The van der Waals surface area contributed by atoms with E-state index in [1.807, 2.05) is 6.20 Å². The van der Waals surface area contributed by atoms with Crippen LogP contribution in [-0.2, 0) is 0 Å². The third-order valence-corrected chi connectivity index (χ3v) is 3.47. The predicted molar refractivity (Wildman–Crippen MR) is 71.3 cm³/mol. The monoisotopic (exact) mass is 256 g/mol. The third-order valence-electron chi connectivity index (χ3n) is 3.47. The quantitative estimate of drug-likeness (QED) is 0.893. The molecule has 5 heteroatoms. The van der Waals surface area contributed by atoms with Gasteiger partial charge < -0.3 is 5.32 Å². The Morgan fingerprint density at radius 2 is 2.29 bits per heavy atom. The number of piperidine rings is 1. The van der Waals surface area contributed by atoms with Gasteiger partial charge >= 0.3 is 0 Å². The molecule has 1 saturated heterocycles. The van der Waals surface area contributed by atoms with Crippen LogP contribution in [-0.4, -0.2) is 41.0 Å². The minimum Gasteiger partial charge on any atom is -0.315 e. The number of hydrogen-bond donors (Lipinski definition) is 1. The number of aromatic nitrogens is 2. The van der Waals surface area contributed by atoms with Gasteiger partial charge in [-0.3, -0.25) is 14.9 Å². The van der Waals surface area contributed by atoms with Crippen LogP contribution in [0, 0.1) is 0 Å². The zero-order valence-electron chi connectivity index (χ0n) is 10.5. The van der Waals surface area contributed by atoms with Crippen molar-refractivity contribution in [2.45, 2.75) is 31.8 Å². The van der Waals surface area contributed by atoms with E-state index in [2.05, 4.69) is 34.2 Å². The summed E-state index contributed by atoms with van der Waals surface area (Å²) in [6.45, 7) is 4.43. The normalized spacial score (nSPS) is 21.9. The summed E-state index contributed by atoms with van der Waals surface area (Å²) in [5.74, 6) is 0. The van der Waals surface area contributed by atoms with Gasteiger partial charge in [0.1, 0.15) is 0 Å². The Morgan fingerprint density at radius 1 is 1.47 bits per heavy atom. The van der Waals surface area contributed by atoms with Crippen molar-refractivity contribution in [3.63, 3.8) is 0 Å². The highest BCUT2D eigenvalue weighted by atomic mass is 35.5. The fourth-order valence-electron chi connectivity index (χ4n) is 2.23. The van der Waals surface area contributed by atoms with E-state index >= 15 is 0 Å². The molecule has 2 atom stereocenters. The minimum absolute atomic E-state index is 0. The van der Waals surface area contributed by atoms with Crippen molar-refractivity contribution in [2.75, 3.05) is 20.1 Å². The molecule has 1 N–H and O–H groups in total. The summed E-state index contributed by atoms with van der Waals surface area (Å²) in [4.78, 5) is 10.9. The van der Waals surface area contributed by atoms with Crippen LogP contribution in [0.4, 0.5) is 0 Å². The summed E-state index contributed by atoms with van der Waals surface area (Å²) in [6.07, 6.45) is 7.88. The molecule has 2 rings (SSSR count). The number of nitrogens with one attached hydrogen (secondary N) is 1. The molecule has 4 nitrogen and oxygen atoms in total. The highest BCUT2D eigenvalue weighted by Gasteiger charge is 2.23. The molecule has 0 aliphatic carbocycles. The molecular formula is C12H21ClN4. The molecule has 0 bridgehead atoms. The molecule has 1 aromatic rings. The first kappa shape index (κ1) is 14.4. The number of rotatable bonds is 3. The van der Waals surface area contributed by atoms with Crippen LogP contribution in [0.1, 0.15) is 31.5 Å². The molecule has 1 aliphatic rings. The Kier molecular flexibility index (Phi) is 5.82. The molecule has 1 unspecified atom stereocenters. The van der Waals surface area contributed by atoms with E-state index in [1.165, 1.54) is 12.8 Å². The zero-order chi connectivity index (χ0) is 11.4. The molecule has 0 aromatic carbocycles. The maximum Gasteiger partial charge on any atom is 0.0755 e. The highest BCUT2D eigenvalue weighted by Crippen LogP contribution is 2.20. The van der Waals surface area contributed by atoms with Gasteiger partial charge in [-0.15, -0.1) is 12.4 Å². The van der Waals surface area contributed by atoms with E-state index in [0.717, 1.165) is 18.8 Å². The average Bonchev–Trinajstić information content (AvgIpc) is 2.39. The Morgan fingerprint density at radius 3 is 2.88 bits per heavy atom. The van der Waals surface area contributed by atoms with Gasteiger partial charge in [-0.1, -0.05) is 0 Å². The summed E-state index contributed by atoms with van der Waals surface area (Å²) in [5, 5.41) is 3.44. The first-order valence-electron chi connectivity index (χ1n) is 5.97. The maximum atomic E-state index is 4.37. The number of halogens is 1. The van der Waals surface area contributed by atoms with Crippen LogP contribution in [0.5, 0.6) is 0 Å². The molecule has 0 radical (unpaired) electrons. The van der Waals surface area contributed by atoms with Crippen molar-refractivity contribution in [2.24, 2.45) is 0 Å². The summed E-state index contributed by atoms with van der Waals surface area (Å²) >= 11 is 0. The van der Waals surface area contributed by atoms with Gasteiger partial charge in [-0.25, -0.2) is 0 Å². The van der Waals surface area contributed by atoms with Crippen molar-refractivity contribution < 1.29 is 0 Å². The van der Waals surface area contributed by atoms with Crippen LogP contribution >= 0.6 is 12.4 Å². The second-order valence-electron chi connectivity index (χ2n) is 4.47. The fraction of sp³-hybridized carbons (Fsp3) is 0.667. The van der Waals surface area contributed by atoms with Crippen molar-refractivity contribution in [1.29, 1.82) is 0 Å². The van der Waals surface area contributed by atoms with Crippen molar-refractivity contribution in [3.05, 3.63) is 24.3 Å². The maximum absolute atomic E-state index is 4.37. The largest absolute Gasteiger partial charge is 0.315 e. The van der Waals surface area contributed by atoms with Gasteiger partial charge in [-0.2, -0.15) is 0 Å². The molecule has 0 spiro atoms. The van der Waals surface area contributed by atoms with Crippen LogP contribution < -0.4 is 5.32 Å². The van der Waals surface area contributed by atoms with Crippen molar-refractivity contribution in [3.8, 4) is 0 Å². The number of hydrogen-bond acceptors (Lipinski definition) is 4. The van der Waals surface area contributed by atoms with Crippen LogP contribution in [0.2, 0.25) is 0 Å². The number of nitrogens with zero attached hydrogens (tertiary/aromatic N) is 3. The Labute approximate surface area is 109 Å². The predicted octanol–water partition coefficient (Wildman–Crippen LogP) is 1.64. The van der Waals surface area contributed by atoms with Crippen LogP contribution in [0.25, 0.3) is 0 Å². The molecule has 0 amide bonds. The second kappa shape index (κ2) is 6.89. The number of likely N-dealkylation sites (N-methyl/N-ethyl adjacent to an activating group) is 1. The Balaban J connectivity index is 0.00000144. The average molecular weight is 257 g/mol. The van der Waals surface area contributed by atoms with Crippen LogP contribution in [0.15, 0.2) is 18.6 Å². The second-order valence-corrected chi connectivity index (χ2v) is 4.47. The molecule has 2 heterocycles. The minimum atomic E-state index is 0. The summed E-state index contributed by atoms with van der Waals surface area (Å²) in [7, 11) is 2.18. The van der Waals surface area contributed by atoms with Crippen molar-refractivity contribution in [1.82, 2.24) is 20.2 Å². The van der Waals surface area contributed by atoms with Gasteiger partial charge in [0.05, 0.1) is 11.7 Å². The van der Waals surface area contributed by atoms with E-state index in [0.29, 0.717) is 12.1 Å². The van der Waals surface area contributed by atoms with E-state index < -0.39 is 0 Å². The lowest BCUT2D eigenvalue weighted by molar-refractivity contribution is 0.153. The molecule has 1 fully saturated rings. The summed E-state index contributed by atoms with van der Waals surface area (Å²) < 4.78 is 0. The van der Waals surface area contributed by atoms with E-state index in [9.17, 15) is 0 Å². The molecule has 1 aromatic heterocycles. The standard InChI is InChI=1S/C12H20N4.ClH/c1-10(12-9-14-6-7-15-12)16(2)11-4-3-5-13-8-11;/h6-7,9-11,13H,3-5,8H2,1-2H3;1H/t10?,11-;/m0./s1. The topological polar surface area (TPSA) is 41.1 Å². The fourth-order valence-corrected chi connectivity index (χ4v) is 2.23. The lowest BCUT2D eigenvalue weighted by Crippen LogP contribution is -2.45. The third kappa shape index (κ3) is 3.63. The van der Waals surface area contributed by atoms with Crippen LogP contribution in [0.3, 0.4) is 0 Å². The van der Waals surface area contributed by atoms with E-state index in [-0.39, 0.29) is 12.4 Å². The highest BCUT2D eigenvalue weighted by molar-refractivity contribution is 5.85. The van der Waals surface area contributed by atoms with Gasteiger partial charge in [0.25, 0.3) is 0 Å². The first-order valence-corrected chi connectivity index (χ1v) is 5.97. The zero-order valence-corrected chi connectivity index (χ0v) is 11.3. The van der Waals surface area contributed by atoms with E-state index in [1.54, 1.807) is 12.4 Å². The molecule has 96 valence electrons. The molecular weight excluding hydrogens is 236 g/mol. The molecule has 0 saturated carbocycles. The van der Waals surface area contributed by atoms with Gasteiger partial charge in [0.2, 0.25) is 0 Å². The smallest absolute Gasteiger partial charge is 0.0755 e. The lowest BCUT2D eigenvalue weighted by Gasteiger charge is -2.35. The van der Waals surface area contributed by atoms with Gasteiger partial charge in [0, 0.05) is 31.2 Å². The Hall–Kier alpha value is -0.710. The summed E-state index contributed by atoms with van der Waals surface area (Å²) in [5.41, 5.74) is 1.05.